The fourth-order valence-electron chi connectivity index (χ4n) is 1.33. The molecule has 1 aromatic rings. The van der Waals surface area contributed by atoms with Crippen molar-refractivity contribution in [2.45, 2.75) is 13.3 Å². The van der Waals surface area contributed by atoms with Crippen LogP contribution in [0.3, 0.4) is 0 Å². The molecule has 4 nitrogen and oxygen atoms in total. The Labute approximate surface area is 101 Å². The van der Waals surface area contributed by atoms with E-state index in [0.717, 1.165) is 0 Å². The van der Waals surface area contributed by atoms with Crippen molar-refractivity contribution in [3.63, 3.8) is 0 Å². The van der Waals surface area contributed by atoms with E-state index in [2.05, 4.69) is 0 Å². The molecule has 0 bridgehead atoms. The second kappa shape index (κ2) is 6.23. The first-order valence-corrected chi connectivity index (χ1v) is 4.68. The number of ether oxygens (including phenoxy) is 2. The average Bonchev–Trinajstić information content (AvgIpc) is 2.27. The summed E-state index contributed by atoms with van der Waals surface area (Å²) in [5.74, 6) is 1.01. The van der Waals surface area contributed by atoms with E-state index in [1.807, 2.05) is 0 Å². The maximum absolute atomic E-state index is 11.6. The molecule has 0 saturated carbocycles. The van der Waals surface area contributed by atoms with Crippen LogP contribution in [0.4, 0.5) is 5.69 Å². The minimum Gasteiger partial charge on any atom is -0.496 e. The molecule has 0 aliphatic rings. The number of carbonyl (C=O) groups is 1. The molecule has 0 aromatic heterocycles. The van der Waals surface area contributed by atoms with Crippen LogP contribution in [0.2, 0.25) is 0 Å². The molecule has 16 heavy (non-hydrogen) atoms. The predicted molar refractivity (Wildman–Crippen MR) is 65.8 cm³/mol. The SMILES string of the molecule is CCC(=O)c1cc(N)c(OC)cc1OC.Cl. The van der Waals surface area contributed by atoms with E-state index in [1.165, 1.54) is 14.2 Å². The van der Waals surface area contributed by atoms with Gasteiger partial charge in [0.25, 0.3) is 0 Å². The quantitative estimate of drug-likeness (QED) is 0.653. The Morgan fingerprint density at radius 2 is 1.81 bits per heavy atom. The molecule has 0 atom stereocenters. The Bertz CT molecular complexity index is 380. The van der Waals surface area contributed by atoms with Crippen LogP contribution in [0.25, 0.3) is 0 Å². The molecule has 0 unspecified atom stereocenters. The summed E-state index contributed by atoms with van der Waals surface area (Å²) < 4.78 is 10.1. The summed E-state index contributed by atoms with van der Waals surface area (Å²) in [6.07, 6.45) is 0.419. The van der Waals surface area contributed by atoms with Crippen molar-refractivity contribution in [2.24, 2.45) is 0 Å². The highest BCUT2D eigenvalue weighted by Gasteiger charge is 2.14. The number of nitrogens with two attached hydrogens (primary N) is 1. The number of hydrogen-bond acceptors (Lipinski definition) is 4. The number of Topliss-reactive ketones (excluding diaryl/α,β-unsaturated/α-hetero) is 1. The van der Waals surface area contributed by atoms with E-state index in [-0.39, 0.29) is 18.2 Å². The van der Waals surface area contributed by atoms with Gasteiger partial charge in [-0.3, -0.25) is 4.79 Å². The van der Waals surface area contributed by atoms with Crippen LogP contribution in [0.5, 0.6) is 11.5 Å². The number of hydrogen-bond donors (Lipinski definition) is 1. The first kappa shape index (κ1) is 14.6. The lowest BCUT2D eigenvalue weighted by molar-refractivity contribution is 0.0985. The minimum absolute atomic E-state index is 0. The highest BCUT2D eigenvalue weighted by atomic mass is 35.5. The summed E-state index contributed by atoms with van der Waals surface area (Å²) in [5.41, 5.74) is 6.65. The van der Waals surface area contributed by atoms with Crippen molar-refractivity contribution < 1.29 is 14.3 Å². The van der Waals surface area contributed by atoms with Crippen molar-refractivity contribution in [2.75, 3.05) is 20.0 Å². The number of benzene rings is 1. The van der Waals surface area contributed by atoms with Crippen LogP contribution in [-0.4, -0.2) is 20.0 Å². The lowest BCUT2D eigenvalue weighted by atomic mass is 10.1. The molecular formula is C11H16ClNO3. The lowest BCUT2D eigenvalue weighted by Crippen LogP contribution is -2.03. The fourth-order valence-corrected chi connectivity index (χ4v) is 1.33. The number of ketones is 1. The number of nitrogen functional groups attached to an aromatic ring is 1. The van der Waals surface area contributed by atoms with Gasteiger partial charge in [-0.25, -0.2) is 0 Å². The summed E-state index contributed by atoms with van der Waals surface area (Å²) in [6, 6.07) is 3.21. The van der Waals surface area contributed by atoms with E-state index in [4.69, 9.17) is 15.2 Å². The third-order valence-corrected chi connectivity index (χ3v) is 2.17. The van der Waals surface area contributed by atoms with Crippen molar-refractivity contribution in [1.29, 1.82) is 0 Å². The largest absolute Gasteiger partial charge is 0.496 e. The molecule has 2 N–H and O–H groups in total. The summed E-state index contributed by atoms with van der Waals surface area (Å²) >= 11 is 0. The van der Waals surface area contributed by atoms with Gasteiger partial charge < -0.3 is 15.2 Å². The Morgan fingerprint density at radius 1 is 1.25 bits per heavy atom. The third kappa shape index (κ3) is 2.79. The van der Waals surface area contributed by atoms with Crippen LogP contribution in [-0.2, 0) is 0 Å². The van der Waals surface area contributed by atoms with Gasteiger partial charge in [-0.2, -0.15) is 0 Å². The molecule has 0 spiro atoms. The summed E-state index contributed by atoms with van der Waals surface area (Å²) in [7, 11) is 3.03. The van der Waals surface area contributed by atoms with E-state index in [1.54, 1.807) is 19.1 Å². The number of carbonyl (C=O) groups excluding carboxylic acids is 1. The Morgan fingerprint density at radius 3 is 2.25 bits per heavy atom. The van der Waals surface area contributed by atoms with Gasteiger partial charge in [0, 0.05) is 12.5 Å². The summed E-state index contributed by atoms with van der Waals surface area (Å²) in [6.45, 7) is 1.79. The number of rotatable bonds is 4. The van der Waals surface area contributed by atoms with Crippen LogP contribution >= 0.6 is 12.4 Å². The van der Waals surface area contributed by atoms with Gasteiger partial charge in [0.2, 0.25) is 0 Å². The van der Waals surface area contributed by atoms with Crippen molar-refractivity contribution >= 4 is 23.9 Å². The second-order valence-corrected chi connectivity index (χ2v) is 3.07. The zero-order valence-corrected chi connectivity index (χ0v) is 10.4. The molecule has 0 heterocycles. The Hall–Kier alpha value is -1.42. The lowest BCUT2D eigenvalue weighted by Gasteiger charge is -2.11. The van der Waals surface area contributed by atoms with Crippen molar-refractivity contribution in [1.82, 2.24) is 0 Å². The van der Waals surface area contributed by atoms with Crippen LogP contribution in [0, 0.1) is 0 Å². The molecule has 0 aliphatic carbocycles. The molecule has 1 aromatic carbocycles. The summed E-state index contributed by atoms with van der Waals surface area (Å²) in [5, 5.41) is 0. The molecule has 5 heteroatoms. The van der Waals surface area contributed by atoms with Gasteiger partial charge in [0.15, 0.2) is 5.78 Å². The topological polar surface area (TPSA) is 61.6 Å². The molecule has 0 fully saturated rings. The Balaban J connectivity index is 0.00000225. The first-order chi connectivity index (χ1) is 7.13. The van der Waals surface area contributed by atoms with Gasteiger partial charge in [-0.15, -0.1) is 12.4 Å². The van der Waals surface area contributed by atoms with E-state index in [9.17, 15) is 4.79 Å². The van der Waals surface area contributed by atoms with Crippen LogP contribution in [0.1, 0.15) is 23.7 Å². The maximum atomic E-state index is 11.6. The van der Waals surface area contributed by atoms with Crippen molar-refractivity contribution in [3.05, 3.63) is 17.7 Å². The Kier molecular flexibility index (Phi) is 5.67. The van der Waals surface area contributed by atoms with Gasteiger partial charge in [-0.1, -0.05) is 6.92 Å². The number of methoxy groups -OCH3 is 2. The minimum atomic E-state index is 0. The van der Waals surface area contributed by atoms with Gasteiger partial charge >= 0.3 is 0 Å². The predicted octanol–water partition coefficient (Wildman–Crippen LogP) is 2.30. The zero-order chi connectivity index (χ0) is 11.4. The van der Waals surface area contributed by atoms with Gasteiger partial charge in [0.05, 0.1) is 25.5 Å². The van der Waals surface area contributed by atoms with E-state index < -0.39 is 0 Å². The van der Waals surface area contributed by atoms with E-state index in [0.29, 0.717) is 29.2 Å². The number of halogens is 1. The molecular weight excluding hydrogens is 230 g/mol. The van der Waals surface area contributed by atoms with Gasteiger partial charge in [-0.05, 0) is 6.07 Å². The monoisotopic (exact) mass is 245 g/mol. The highest BCUT2D eigenvalue weighted by Crippen LogP contribution is 2.31. The molecule has 0 saturated heterocycles. The number of anilines is 1. The molecule has 0 amide bonds. The third-order valence-electron chi connectivity index (χ3n) is 2.17. The second-order valence-electron chi connectivity index (χ2n) is 3.07. The van der Waals surface area contributed by atoms with Crippen LogP contribution < -0.4 is 15.2 Å². The zero-order valence-electron chi connectivity index (χ0n) is 9.57. The summed E-state index contributed by atoms with van der Waals surface area (Å²) in [4.78, 5) is 11.6. The molecule has 0 aliphatic heterocycles. The fraction of sp³-hybridized carbons (Fsp3) is 0.364. The standard InChI is InChI=1S/C11H15NO3.ClH/c1-4-9(13)7-5-8(12)11(15-3)6-10(7)14-2;/h5-6H,4,12H2,1-3H3;1H. The molecule has 1 rings (SSSR count). The molecule has 90 valence electrons. The maximum Gasteiger partial charge on any atom is 0.166 e. The van der Waals surface area contributed by atoms with Gasteiger partial charge in [0.1, 0.15) is 11.5 Å². The first-order valence-electron chi connectivity index (χ1n) is 4.68. The molecule has 0 radical (unpaired) electrons. The van der Waals surface area contributed by atoms with E-state index >= 15 is 0 Å². The van der Waals surface area contributed by atoms with Crippen LogP contribution in [0.15, 0.2) is 12.1 Å². The normalized spacial score (nSPS) is 9.19. The van der Waals surface area contributed by atoms with Crippen molar-refractivity contribution in [3.8, 4) is 11.5 Å². The smallest absolute Gasteiger partial charge is 0.166 e. The highest BCUT2D eigenvalue weighted by molar-refractivity contribution is 5.99. The average molecular weight is 246 g/mol.